The molecule has 0 N–H and O–H groups in total. The van der Waals surface area contributed by atoms with Crippen molar-refractivity contribution in [2.24, 2.45) is 0 Å². The average molecular weight is 313 g/mol. The third kappa shape index (κ3) is 1.89. The Balaban J connectivity index is 2.29. The van der Waals surface area contributed by atoms with Gasteiger partial charge in [-0.1, -0.05) is 18.2 Å². The van der Waals surface area contributed by atoms with E-state index in [1.54, 1.807) is 24.3 Å². The van der Waals surface area contributed by atoms with Crippen LogP contribution in [0.4, 0.5) is 10.5 Å². The molecule has 0 radical (unpaired) electrons. The molecular formula is C16H15N3O4. The van der Waals surface area contributed by atoms with Crippen molar-refractivity contribution in [3.8, 4) is 0 Å². The van der Waals surface area contributed by atoms with Gasteiger partial charge in [0, 0.05) is 26.2 Å². The van der Waals surface area contributed by atoms with Crippen LogP contribution in [0, 0.1) is 0 Å². The number of benzene rings is 1. The number of hydrogen-bond acceptors (Lipinski definition) is 4. The number of urea groups is 1. The van der Waals surface area contributed by atoms with Crippen molar-refractivity contribution in [2.45, 2.75) is 6.92 Å². The van der Waals surface area contributed by atoms with E-state index in [0.717, 1.165) is 9.80 Å². The summed E-state index contributed by atoms with van der Waals surface area (Å²) < 4.78 is 0. The second kappa shape index (κ2) is 5.05. The fourth-order valence-corrected chi connectivity index (χ4v) is 2.88. The normalized spacial score (nSPS) is 18.3. The minimum absolute atomic E-state index is 0.0589. The van der Waals surface area contributed by atoms with E-state index < -0.39 is 23.8 Å². The van der Waals surface area contributed by atoms with Crippen LogP contribution in [-0.2, 0) is 14.4 Å². The summed E-state index contributed by atoms with van der Waals surface area (Å²) in [7, 11) is 2.58. The second-order valence-corrected chi connectivity index (χ2v) is 5.33. The topological polar surface area (TPSA) is 78.0 Å². The largest absolute Gasteiger partial charge is 0.333 e. The van der Waals surface area contributed by atoms with Gasteiger partial charge in [0.25, 0.3) is 17.7 Å². The summed E-state index contributed by atoms with van der Waals surface area (Å²) in [5.74, 6) is -1.91. The van der Waals surface area contributed by atoms with Gasteiger partial charge in [-0.25, -0.2) is 4.79 Å². The van der Waals surface area contributed by atoms with Crippen LogP contribution in [0.25, 0.3) is 5.57 Å². The maximum Gasteiger partial charge on any atom is 0.333 e. The lowest BCUT2D eigenvalue weighted by Crippen LogP contribution is -2.53. The first-order valence-electron chi connectivity index (χ1n) is 7.15. The SMILES string of the molecule is CCN1C(=O)C(=C2C(=O)N(C)C(=O)N(C)C2=O)c2ccccc21. The zero-order chi connectivity index (χ0) is 16.9. The molecule has 2 aliphatic heterocycles. The number of nitrogens with zero attached hydrogens (tertiary/aromatic N) is 3. The van der Waals surface area contributed by atoms with Crippen LogP contribution in [-0.4, -0.2) is 54.2 Å². The quantitative estimate of drug-likeness (QED) is 0.569. The van der Waals surface area contributed by atoms with Crippen molar-refractivity contribution in [3.05, 3.63) is 35.4 Å². The molecule has 0 unspecified atom stereocenters. The van der Waals surface area contributed by atoms with Crippen LogP contribution in [0.1, 0.15) is 12.5 Å². The Morgan fingerprint density at radius 1 is 0.826 bits per heavy atom. The number of carbonyl (C=O) groups excluding carboxylic acids is 4. The van der Waals surface area contributed by atoms with Crippen LogP contribution in [0.2, 0.25) is 0 Å². The predicted octanol–water partition coefficient (Wildman–Crippen LogP) is 0.857. The van der Waals surface area contributed by atoms with Crippen LogP contribution >= 0.6 is 0 Å². The highest BCUT2D eigenvalue weighted by Gasteiger charge is 2.44. The van der Waals surface area contributed by atoms with Crippen molar-refractivity contribution in [1.29, 1.82) is 0 Å². The first-order valence-corrected chi connectivity index (χ1v) is 7.15. The van der Waals surface area contributed by atoms with E-state index in [-0.39, 0.29) is 11.1 Å². The molecular weight excluding hydrogens is 298 g/mol. The Morgan fingerprint density at radius 2 is 1.39 bits per heavy atom. The van der Waals surface area contributed by atoms with Gasteiger partial charge in [0.05, 0.1) is 11.3 Å². The molecule has 0 aromatic heterocycles. The van der Waals surface area contributed by atoms with Gasteiger partial charge in [-0.15, -0.1) is 0 Å². The predicted molar refractivity (Wildman–Crippen MR) is 82.3 cm³/mol. The lowest BCUT2D eigenvalue weighted by Gasteiger charge is -2.29. The second-order valence-electron chi connectivity index (χ2n) is 5.33. The highest BCUT2D eigenvalue weighted by Crippen LogP contribution is 2.39. The van der Waals surface area contributed by atoms with E-state index in [1.165, 1.54) is 19.0 Å². The van der Waals surface area contributed by atoms with Crippen LogP contribution in [0.5, 0.6) is 0 Å². The molecule has 2 aliphatic rings. The van der Waals surface area contributed by atoms with Gasteiger partial charge in [0.15, 0.2) is 0 Å². The summed E-state index contributed by atoms with van der Waals surface area (Å²) in [5, 5.41) is 0. The molecule has 3 rings (SSSR count). The lowest BCUT2D eigenvalue weighted by atomic mass is 9.98. The van der Waals surface area contributed by atoms with Gasteiger partial charge in [-0.2, -0.15) is 0 Å². The zero-order valence-electron chi connectivity index (χ0n) is 13.0. The summed E-state index contributed by atoms with van der Waals surface area (Å²) in [6.45, 7) is 2.23. The number of likely N-dealkylation sites (N-methyl/N-ethyl adjacent to an activating group) is 3. The molecule has 5 amide bonds. The highest BCUT2D eigenvalue weighted by molar-refractivity contribution is 6.44. The molecule has 1 aromatic rings. The summed E-state index contributed by atoms with van der Waals surface area (Å²) in [4.78, 5) is 52.7. The highest BCUT2D eigenvalue weighted by atomic mass is 16.2. The van der Waals surface area contributed by atoms with Gasteiger partial charge >= 0.3 is 6.03 Å². The van der Waals surface area contributed by atoms with Crippen molar-refractivity contribution in [3.63, 3.8) is 0 Å². The van der Waals surface area contributed by atoms with E-state index in [9.17, 15) is 19.2 Å². The molecule has 0 bridgehead atoms. The summed E-state index contributed by atoms with van der Waals surface area (Å²) in [6.07, 6.45) is 0. The maximum atomic E-state index is 12.7. The molecule has 23 heavy (non-hydrogen) atoms. The number of rotatable bonds is 1. The molecule has 1 aromatic carbocycles. The van der Waals surface area contributed by atoms with Crippen molar-refractivity contribution in [2.75, 3.05) is 25.5 Å². The lowest BCUT2D eigenvalue weighted by molar-refractivity contribution is -0.134. The number of fused-ring (bicyclic) bond motifs is 1. The van der Waals surface area contributed by atoms with E-state index in [0.29, 0.717) is 17.8 Å². The number of carbonyl (C=O) groups is 4. The van der Waals surface area contributed by atoms with Gasteiger partial charge in [-0.05, 0) is 13.0 Å². The first-order chi connectivity index (χ1) is 10.9. The number of para-hydroxylation sites is 1. The number of anilines is 1. The Labute approximate surface area is 132 Å². The monoisotopic (exact) mass is 313 g/mol. The first kappa shape index (κ1) is 15.0. The van der Waals surface area contributed by atoms with Gasteiger partial charge in [0.2, 0.25) is 0 Å². The third-order valence-corrected chi connectivity index (χ3v) is 4.10. The van der Waals surface area contributed by atoms with Crippen LogP contribution < -0.4 is 4.90 Å². The molecule has 118 valence electrons. The molecule has 2 heterocycles. The molecule has 0 aliphatic carbocycles. The number of barbiturate groups is 1. The summed E-state index contributed by atoms with van der Waals surface area (Å²) in [5.41, 5.74) is 0.990. The maximum absolute atomic E-state index is 12.7. The molecule has 0 atom stereocenters. The fraction of sp³-hybridized carbons (Fsp3) is 0.250. The Morgan fingerprint density at radius 3 is 1.96 bits per heavy atom. The molecule has 1 fully saturated rings. The molecule has 1 saturated heterocycles. The van der Waals surface area contributed by atoms with Gasteiger partial charge in [-0.3, -0.25) is 24.2 Å². The van der Waals surface area contributed by atoms with E-state index in [4.69, 9.17) is 0 Å². The Bertz CT molecular complexity index is 770. The van der Waals surface area contributed by atoms with Gasteiger partial charge < -0.3 is 4.90 Å². The molecule has 0 spiro atoms. The standard InChI is InChI=1S/C16H15N3O4/c1-4-19-10-8-6-5-7-9(10)11(15(19)22)12-13(20)17(2)16(23)18(3)14(12)21/h5-8H,4H2,1-3H3. The molecule has 7 nitrogen and oxygen atoms in total. The molecule has 0 saturated carbocycles. The van der Waals surface area contributed by atoms with Crippen molar-refractivity contribution < 1.29 is 19.2 Å². The number of amides is 5. The minimum Gasteiger partial charge on any atom is -0.308 e. The van der Waals surface area contributed by atoms with E-state index in [2.05, 4.69) is 0 Å². The van der Waals surface area contributed by atoms with Crippen LogP contribution in [0.3, 0.4) is 0 Å². The smallest absolute Gasteiger partial charge is 0.308 e. The van der Waals surface area contributed by atoms with Crippen molar-refractivity contribution in [1.82, 2.24) is 9.80 Å². The zero-order valence-corrected chi connectivity index (χ0v) is 13.0. The van der Waals surface area contributed by atoms with Crippen molar-refractivity contribution >= 4 is 35.0 Å². The average Bonchev–Trinajstić information content (AvgIpc) is 2.83. The number of imide groups is 2. The Kier molecular flexibility index (Phi) is 3.28. The summed E-state index contributed by atoms with van der Waals surface area (Å²) >= 11 is 0. The van der Waals surface area contributed by atoms with E-state index >= 15 is 0 Å². The Hall–Kier alpha value is -2.96. The summed E-state index contributed by atoms with van der Waals surface area (Å²) in [6, 6.07) is 6.27. The minimum atomic E-state index is -0.755. The van der Waals surface area contributed by atoms with E-state index in [1.807, 2.05) is 6.92 Å². The number of hydrogen-bond donors (Lipinski definition) is 0. The molecule has 7 heteroatoms. The third-order valence-electron chi connectivity index (χ3n) is 4.10. The van der Waals surface area contributed by atoms with Gasteiger partial charge in [0.1, 0.15) is 5.57 Å². The van der Waals surface area contributed by atoms with Crippen LogP contribution in [0.15, 0.2) is 29.8 Å². The fourth-order valence-electron chi connectivity index (χ4n) is 2.88.